The van der Waals surface area contributed by atoms with Crippen LogP contribution in [0, 0.1) is 26.0 Å². The van der Waals surface area contributed by atoms with E-state index in [0.29, 0.717) is 0 Å². The van der Waals surface area contributed by atoms with Crippen LogP contribution in [0.4, 0.5) is 0 Å². The average molecular weight is 690 g/mol. The van der Waals surface area contributed by atoms with E-state index in [1.54, 1.807) is 0 Å². The van der Waals surface area contributed by atoms with Crippen LogP contribution in [0.15, 0.2) is 97.8 Å². The Hall–Kier alpha value is -3.75. The number of hydrogen-bond donors (Lipinski definition) is 0. The van der Waals surface area contributed by atoms with Gasteiger partial charge in [0.1, 0.15) is 0 Å². The van der Waals surface area contributed by atoms with Gasteiger partial charge in [0.25, 0.3) is 0 Å². The van der Waals surface area contributed by atoms with Crippen molar-refractivity contribution in [2.75, 3.05) is 0 Å². The molecule has 0 saturated heterocycles. The van der Waals surface area contributed by atoms with Gasteiger partial charge in [-0.25, -0.2) is 0 Å². The minimum absolute atomic E-state index is 0. The zero-order chi connectivity index (χ0) is 25.6. The van der Waals surface area contributed by atoms with Gasteiger partial charge in [-0.2, -0.15) is 47.5 Å². The largest absolute Gasteiger partial charge is 4.00 e. The molecule has 0 unspecified atom stereocenters. The molecule has 3 heterocycles. The first-order chi connectivity index (χ1) is 18.7. The summed E-state index contributed by atoms with van der Waals surface area (Å²) >= 11 is 0. The zero-order valence-corrected chi connectivity index (χ0v) is 24.4. The molecule has 0 spiro atoms. The predicted molar refractivity (Wildman–Crippen MR) is 155 cm³/mol. The molecule has 0 bridgehead atoms. The Morgan fingerprint density at radius 1 is 0.615 bits per heavy atom. The van der Waals surface area contributed by atoms with Crippen molar-refractivity contribution in [2.24, 2.45) is 0 Å². The first kappa shape index (κ1) is 25.5. The van der Waals surface area contributed by atoms with Gasteiger partial charge in [-0.05, 0) is 25.5 Å². The fourth-order valence-electron chi connectivity index (χ4n) is 5.76. The first-order valence-electron chi connectivity index (χ1n) is 13.3. The molecule has 0 N–H and O–H groups in total. The van der Waals surface area contributed by atoms with Crippen LogP contribution in [0.5, 0.6) is 0 Å². The monoisotopic (exact) mass is 689 g/mol. The summed E-state index contributed by atoms with van der Waals surface area (Å²) in [6.45, 7) is 6.28. The van der Waals surface area contributed by atoms with Crippen LogP contribution in [-0.4, -0.2) is 18.5 Å². The molecule has 3 aliphatic rings. The number of aryl methyl sites for hydroxylation is 4. The van der Waals surface area contributed by atoms with Crippen molar-refractivity contribution < 1.29 is 21.1 Å². The zero-order valence-electron chi connectivity index (χ0n) is 22.2. The molecule has 0 amide bonds. The molecule has 4 nitrogen and oxygen atoms in total. The maximum atomic E-state index is 3.48. The molecular formula is C34H30N4Pt. The second-order valence-corrected chi connectivity index (χ2v) is 10.3. The van der Waals surface area contributed by atoms with E-state index in [1.165, 1.54) is 55.2 Å². The molecule has 3 aliphatic heterocycles. The molecule has 4 aromatic carbocycles. The number of imidazole rings is 2. The molecule has 0 fully saturated rings. The SMILES string of the molecule is Cc1c2cn(CCc3[c-]ccc4ccccc34)[cH-]n-2n2[cH-]n(CCc3[c-]ccc4ccccc34)cc-2c1C.[Pt+4]. The van der Waals surface area contributed by atoms with Crippen LogP contribution >= 0.6 is 0 Å². The van der Waals surface area contributed by atoms with E-state index in [4.69, 9.17) is 0 Å². The summed E-state index contributed by atoms with van der Waals surface area (Å²) < 4.78 is 9.19. The number of hydrogen-bond acceptors (Lipinski definition) is 0. The molecule has 0 aliphatic carbocycles. The summed E-state index contributed by atoms with van der Waals surface area (Å²) in [6, 6.07) is 32.5. The summed E-state index contributed by atoms with van der Waals surface area (Å²) in [7, 11) is 0. The van der Waals surface area contributed by atoms with Crippen molar-refractivity contribution in [3.63, 3.8) is 0 Å². The summed E-state index contributed by atoms with van der Waals surface area (Å²) in [5, 5.41) is 5.14. The Kier molecular flexibility index (Phi) is 6.83. The maximum Gasteiger partial charge on any atom is 4.00 e. The number of fused-ring (bicyclic) bond motifs is 5. The molecule has 0 atom stereocenters. The van der Waals surface area contributed by atoms with Crippen LogP contribution in [-0.2, 0) is 47.0 Å². The van der Waals surface area contributed by atoms with E-state index < -0.39 is 0 Å². The smallest absolute Gasteiger partial charge is 0.452 e. The van der Waals surface area contributed by atoms with Crippen LogP contribution in [0.25, 0.3) is 32.9 Å². The van der Waals surface area contributed by atoms with E-state index in [-0.39, 0.29) is 21.1 Å². The topological polar surface area (TPSA) is 19.7 Å². The van der Waals surface area contributed by atoms with Gasteiger partial charge >= 0.3 is 21.1 Å². The van der Waals surface area contributed by atoms with Crippen molar-refractivity contribution in [2.45, 2.75) is 39.8 Å². The normalized spacial score (nSPS) is 11.5. The molecule has 0 saturated carbocycles. The van der Waals surface area contributed by atoms with E-state index in [0.717, 1.165) is 25.9 Å². The summed E-state index contributed by atoms with van der Waals surface area (Å²) in [4.78, 5) is 0. The number of aromatic nitrogens is 4. The van der Waals surface area contributed by atoms with Crippen LogP contribution in [0.2, 0.25) is 0 Å². The first-order valence-corrected chi connectivity index (χ1v) is 13.3. The van der Waals surface area contributed by atoms with Crippen molar-refractivity contribution in [1.82, 2.24) is 18.5 Å². The van der Waals surface area contributed by atoms with E-state index in [9.17, 15) is 0 Å². The Morgan fingerprint density at radius 2 is 1.05 bits per heavy atom. The second kappa shape index (κ2) is 10.4. The van der Waals surface area contributed by atoms with Gasteiger partial charge < -0.3 is 18.5 Å². The molecule has 196 valence electrons. The third kappa shape index (κ3) is 4.57. The maximum absolute atomic E-state index is 3.48. The second-order valence-electron chi connectivity index (χ2n) is 10.3. The number of rotatable bonds is 6. The van der Waals surface area contributed by atoms with Crippen molar-refractivity contribution in [1.29, 1.82) is 0 Å². The van der Waals surface area contributed by atoms with E-state index in [2.05, 4.69) is 130 Å². The van der Waals surface area contributed by atoms with E-state index >= 15 is 0 Å². The third-order valence-electron chi connectivity index (χ3n) is 8.00. The number of nitrogens with zero attached hydrogens (tertiary/aromatic N) is 4. The van der Waals surface area contributed by atoms with Gasteiger partial charge in [-0.15, -0.1) is 46.1 Å². The Bertz CT molecular complexity index is 1710. The van der Waals surface area contributed by atoms with Crippen LogP contribution in [0.1, 0.15) is 22.3 Å². The average Bonchev–Trinajstić information content (AvgIpc) is 3.58. The summed E-state index contributed by atoms with van der Waals surface area (Å²) in [5.41, 5.74) is 7.66. The summed E-state index contributed by atoms with van der Waals surface area (Å²) in [5.74, 6) is 0. The molecular weight excluding hydrogens is 659 g/mol. The van der Waals surface area contributed by atoms with Gasteiger partial charge in [0.15, 0.2) is 0 Å². The quantitative estimate of drug-likeness (QED) is 0.163. The molecule has 0 radical (unpaired) electrons. The van der Waals surface area contributed by atoms with Gasteiger partial charge in [-0.3, -0.25) is 0 Å². The van der Waals surface area contributed by atoms with Crippen LogP contribution < -0.4 is 0 Å². The molecule has 39 heavy (non-hydrogen) atoms. The molecule has 7 rings (SSSR count). The van der Waals surface area contributed by atoms with Crippen molar-refractivity contribution in [3.05, 3.63) is 132 Å². The van der Waals surface area contributed by atoms with Gasteiger partial charge in [0.05, 0.1) is 0 Å². The summed E-state index contributed by atoms with van der Waals surface area (Å²) in [6.07, 6.45) is 10.9. The van der Waals surface area contributed by atoms with Crippen molar-refractivity contribution >= 4 is 21.5 Å². The van der Waals surface area contributed by atoms with Gasteiger partial charge in [0, 0.05) is 13.1 Å². The molecule has 5 heteroatoms. The molecule has 4 aromatic rings. The Morgan fingerprint density at radius 3 is 1.51 bits per heavy atom. The Labute approximate surface area is 243 Å². The minimum atomic E-state index is 0. The van der Waals surface area contributed by atoms with Gasteiger partial charge in [-0.1, -0.05) is 72.7 Å². The fraction of sp³-hybridized carbons (Fsp3) is 0.176. The number of benzene rings is 4. The predicted octanol–water partition coefficient (Wildman–Crippen LogP) is 7.32. The third-order valence-corrected chi connectivity index (χ3v) is 8.00. The molecule has 0 aromatic heterocycles. The van der Waals surface area contributed by atoms with E-state index in [1.807, 2.05) is 12.1 Å². The van der Waals surface area contributed by atoms with Crippen molar-refractivity contribution in [3.8, 4) is 11.4 Å². The van der Waals surface area contributed by atoms with Crippen LogP contribution in [0.3, 0.4) is 0 Å². The fourth-order valence-corrected chi connectivity index (χ4v) is 5.76. The Balaban J connectivity index is 0.00000277. The van der Waals surface area contributed by atoms with Gasteiger partial charge in [0.2, 0.25) is 0 Å². The standard InChI is InChI=1S/C34H30N4.Pt/c1-25-26(2)34-22-36(20-18-30-14-8-12-28-10-4-6-16-32(28)30)24-38(34)37-23-35(21-33(25)37)19-17-29-13-7-11-27-9-3-5-15-31(27)29;/h3-12,15-16,21-24H,17-20H2,1-2H3;/q-4;+4. The minimum Gasteiger partial charge on any atom is -0.452 e.